The van der Waals surface area contributed by atoms with Crippen molar-refractivity contribution in [2.45, 2.75) is 12.6 Å². The van der Waals surface area contributed by atoms with Crippen LogP contribution in [0, 0.1) is 10.1 Å². The second-order valence-electron chi connectivity index (χ2n) is 4.06. The first-order chi connectivity index (χ1) is 9.20. The SMILES string of the molecule is O=[N+]([O-])c1ccc(CNC(CO)c2ccco2)cc1. The number of rotatable bonds is 6. The average Bonchev–Trinajstić information content (AvgIpc) is 2.94. The monoisotopic (exact) mass is 262 g/mol. The summed E-state index contributed by atoms with van der Waals surface area (Å²) in [7, 11) is 0. The number of furan rings is 1. The number of hydrogen-bond donors (Lipinski definition) is 2. The lowest BCUT2D eigenvalue weighted by Crippen LogP contribution is -2.23. The number of non-ortho nitro benzene ring substituents is 1. The van der Waals surface area contributed by atoms with Gasteiger partial charge in [0.25, 0.3) is 5.69 Å². The number of nitro benzene ring substituents is 1. The molecule has 0 aliphatic rings. The zero-order chi connectivity index (χ0) is 13.7. The topological polar surface area (TPSA) is 88.5 Å². The number of hydrogen-bond acceptors (Lipinski definition) is 5. The molecule has 100 valence electrons. The second-order valence-corrected chi connectivity index (χ2v) is 4.06. The van der Waals surface area contributed by atoms with Crippen molar-refractivity contribution in [2.24, 2.45) is 0 Å². The van der Waals surface area contributed by atoms with Gasteiger partial charge in [-0.2, -0.15) is 0 Å². The molecule has 1 aromatic carbocycles. The van der Waals surface area contributed by atoms with E-state index in [-0.39, 0.29) is 18.3 Å². The molecule has 0 aliphatic carbocycles. The molecule has 2 N–H and O–H groups in total. The molecule has 1 atom stereocenters. The van der Waals surface area contributed by atoms with Crippen LogP contribution in [0.3, 0.4) is 0 Å². The van der Waals surface area contributed by atoms with Crippen molar-refractivity contribution < 1.29 is 14.4 Å². The second kappa shape index (κ2) is 6.12. The van der Waals surface area contributed by atoms with Crippen LogP contribution in [0.25, 0.3) is 0 Å². The molecule has 6 nitrogen and oxygen atoms in total. The lowest BCUT2D eigenvalue weighted by molar-refractivity contribution is -0.384. The standard InChI is InChI=1S/C13H14N2O4/c16-9-12(13-2-1-7-19-13)14-8-10-3-5-11(6-4-10)15(17)18/h1-7,12,14,16H,8-9H2. The van der Waals surface area contributed by atoms with E-state index in [2.05, 4.69) is 5.32 Å². The van der Waals surface area contributed by atoms with E-state index in [4.69, 9.17) is 4.42 Å². The molecule has 0 amide bonds. The lowest BCUT2D eigenvalue weighted by Gasteiger charge is -2.13. The Morgan fingerprint density at radius 3 is 2.58 bits per heavy atom. The summed E-state index contributed by atoms with van der Waals surface area (Å²) in [5.74, 6) is 0.657. The molecule has 1 heterocycles. The zero-order valence-corrected chi connectivity index (χ0v) is 10.2. The van der Waals surface area contributed by atoms with E-state index in [1.165, 1.54) is 12.1 Å². The van der Waals surface area contributed by atoms with Gasteiger partial charge in [0, 0.05) is 18.7 Å². The summed E-state index contributed by atoms with van der Waals surface area (Å²) in [6, 6.07) is 9.53. The molecular weight excluding hydrogens is 248 g/mol. The summed E-state index contributed by atoms with van der Waals surface area (Å²) >= 11 is 0. The van der Waals surface area contributed by atoms with E-state index in [1.54, 1.807) is 30.5 Å². The van der Waals surface area contributed by atoms with Gasteiger partial charge in [-0.05, 0) is 17.7 Å². The van der Waals surface area contributed by atoms with E-state index >= 15 is 0 Å². The predicted octanol–water partition coefficient (Wildman–Crippen LogP) is 2.01. The fraction of sp³-hybridized carbons (Fsp3) is 0.231. The Bertz CT molecular complexity index is 522. The number of nitro groups is 1. The Balaban J connectivity index is 1.96. The first kappa shape index (κ1) is 13.3. The van der Waals surface area contributed by atoms with E-state index in [1.807, 2.05) is 0 Å². The molecular formula is C13H14N2O4. The van der Waals surface area contributed by atoms with Gasteiger partial charge in [0.2, 0.25) is 0 Å². The summed E-state index contributed by atoms with van der Waals surface area (Å²) in [4.78, 5) is 10.1. The maximum atomic E-state index is 10.5. The van der Waals surface area contributed by atoms with Gasteiger partial charge in [0.05, 0.1) is 23.8 Å². The van der Waals surface area contributed by atoms with Crippen LogP contribution in [-0.2, 0) is 6.54 Å². The summed E-state index contributed by atoms with van der Waals surface area (Å²) in [6.07, 6.45) is 1.55. The Kier molecular flexibility index (Phi) is 4.27. The van der Waals surface area contributed by atoms with Crippen LogP contribution in [0.2, 0.25) is 0 Å². The third-order valence-electron chi connectivity index (χ3n) is 2.77. The van der Waals surface area contributed by atoms with Crippen molar-refractivity contribution in [2.75, 3.05) is 6.61 Å². The summed E-state index contributed by atoms with van der Waals surface area (Å²) in [6.45, 7) is 0.407. The zero-order valence-electron chi connectivity index (χ0n) is 10.2. The Hall–Kier alpha value is -2.18. The molecule has 2 aromatic rings. The van der Waals surface area contributed by atoms with Gasteiger partial charge in [-0.15, -0.1) is 0 Å². The fourth-order valence-corrected chi connectivity index (χ4v) is 1.72. The van der Waals surface area contributed by atoms with Crippen LogP contribution >= 0.6 is 0 Å². The average molecular weight is 262 g/mol. The smallest absolute Gasteiger partial charge is 0.269 e. The quantitative estimate of drug-likeness (QED) is 0.614. The molecule has 0 saturated heterocycles. The van der Waals surface area contributed by atoms with Crippen LogP contribution in [-0.4, -0.2) is 16.6 Å². The number of nitrogens with zero attached hydrogens (tertiary/aromatic N) is 1. The Morgan fingerprint density at radius 2 is 2.05 bits per heavy atom. The minimum absolute atomic E-state index is 0.0634. The third kappa shape index (κ3) is 3.40. The normalized spacial score (nSPS) is 12.3. The maximum absolute atomic E-state index is 10.5. The highest BCUT2D eigenvalue weighted by Gasteiger charge is 2.12. The highest BCUT2D eigenvalue weighted by atomic mass is 16.6. The van der Waals surface area contributed by atoms with Gasteiger partial charge in [-0.3, -0.25) is 10.1 Å². The van der Waals surface area contributed by atoms with E-state index in [0.29, 0.717) is 12.3 Å². The number of aliphatic hydroxyl groups is 1. The first-order valence-electron chi connectivity index (χ1n) is 5.81. The number of nitrogens with one attached hydrogen (secondary N) is 1. The Labute approximate surface area is 109 Å². The van der Waals surface area contributed by atoms with Crippen LogP contribution in [0.4, 0.5) is 5.69 Å². The largest absolute Gasteiger partial charge is 0.468 e. The summed E-state index contributed by atoms with van der Waals surface area (Å²) < 4.78 is 5.21. The molecule has 1 aromatic heterocycles. The van der Waals surface area contributed by atoms with Crippen molar-refractivity contribution >= 4 is 5.69 Å². The van der Waals surface area contributed by atoms with E-state index in [9.17, 15) is 15.2 Å². The van der Waals surface area contributed by atoms with Gasteiger partial charge in [-0.1, -0.05) is 12.1 Å². The van der Waals surface area contributed by atoms with Crippen LogP contribution in [0.15, 0.2) is 47.1 Å². The molecule has 1 unspecified atom stereocenters. The van der Waals surface area contributed by atoms with Crippen molar-refractivity contribution in [3.05, 3.63) is 64.1 Å². The molecule has 2 rings (SSSR count). The van der Waals surface area contributed by atoms with Crippen LogP contribution < -0.4 is 5.32 Å². The molecule has 0 saturated carbocycles. The summed E-state index contributed by atoms with van der Waals surface area (Å²) in [5.41, 5.74) is 0.962. The number of aliphatic hydroxyl groups excluding tert-OH is 1. The van der Waals surface area contributed by atoms with Crippen molar-refractivity contribution in [3.63, 3.8) is 0 Å². The summed E-state index contributed by atoms with van der Waals surface area (Å²) in [5, 5.41) is 22.9. The highest BCUT2D eigenvalue weighted by Crippen LogP contribution is 2.15. The molecule has 0 bridgehead atoms. The third-order valence-corrected chi connectivity index (χ3v) is 2.77. The van der Waals surface area contributed by atoms with Gasteiger partial charge in [0.15, 0.2) is 0 Å². The van der Waals surface area contributed by atoms with Crippen molar-refractivity contribution in [1.82, 2.24) is 5.32 Å². The predicted molar refractivity (Wildman–Crippen MR) is 68.5 cm³/mol. The molecule has 0 spiro atoms. The molecule has 0 aliphatic heterocycles. The maximum Gasteiger partial charge on any atom is 0.269 e. The van der Waals surface area contributed by atoms with Gasteiger partial charge in [0.1, 0.15) is 5.76 Å². The highest BCUT2D eigenvalue weighted by molar-refractivity contribution is 5.32. The van der Waals surface area contributed by atoms with Gasteiger partial charge >= 0.3 is 0 Å². The lowest BCUT2D eigenvalue weighted by atomic mass is 10.2. The van der Waals surface area contributed by atoms with Gasteiger partial charge < -0.3 is 14.8 Å². The minimum Gasteiger partial charge on any atom is -0.468 e. The molecule has 0 radical (unpaired) electrons. The molecule has 19 heavy (non-hydrogen) atoms. The van der Waals surface area contributed by atoms with Gasteiger partial charge in [-0.25, -0.2) is 0 Å². The molecule has 0 fully saturated rings. The Morgan fingerprint density at radius 1 is 1.32 bits per heavy atom. The van der Waals surface area contributed by atoms with E-state index in [0.717, 1.165) is 5.56 Å². The van der Waals surface area contributed by atoms with Crippen molar-refractivity contribution in [3.8, 4) is 0 Å². The van der Waals surface area contributed by atoms with Crippen LogP contribution in [0.1, 0.15) is 17.4 Å². The molecule has 6 heteroatoms. The first-order valence-corrected chi connectivity index (χ1v) is 5.81. The van der Waals surface area contributed by atoms with Crippen molar-refractivity contribution in [1.29, 1.82) is 0 Å². The minimum atomic E-state index is -0.434. The van der Waals surface area contributed by atoms with Crippen LogP contribution in [0.5, 0.6) is 0 Å². The van der Waals surface area contributed by atoms with E-state index < -0.39 is 4.92 Å². The fourth-order valence-electron chi connectivity index (χ4n) is 1.72. The number of benzene rings is 1.